The molecule has 0 saturated carbocycles. The Morgan fingerprint density at radius 1 is 1.10 bits per heavy atom. The van der Waals surface area contributed by atoms with Gasteiger partial charge < -0.3 is 34.6 Å². The fraction of sp³-hybridized carbons (Fsp3) is 1.00. The summed E-state index contributed by atoms with van der Waals surface area (Å²) in [6.07, 6.45) is -6.45. The van der Waals surface area contributed by atoms with Crippen LogP contribution < -0.4 is 0 Å². The van der Waals surface area contributed by atoms with E-state index >= 15 is 0 Å². The molecule has 1 fully saturated rings. The van der Waals surface area contributed by atoms with Crippen molar-refractivity contribution in [1.82, 2.24) is 0 Å². The van der Waals surface area contributed by atoms with E-state index in [1.165, 1.54) is 0 Å². The van der Waals surface area contributed by atoms with Crippen LogP contribution in [-0.2, 0) is 14.2 Å². The van der Waals surface area contributed by atoms with E-state index < -0.39 is 37.3 Å². The van der Waals surface area contributed by atoms with Crippen molar-refractivity contribution in [3.8, 4) is 0 Å². The normalized spacial score (nSPS) is 33.7. The molecular formula is C10H19N3O7. The summed E-state index contributed by atoms with van der Waals surface area (Å²) in [5.41, 5.74) is 8.03. The maximum atomic E-state index is 9.66. The molecule has 0 spiro atoms. The van der Waals surface area contributed by atoms with Gasteiger partial charge in [-0.2, -0.15) is 0 Å². The quantitative estimate of drug-likeness (QED) is 0.177. The van der Waals surface area contributed by atoms with Gasteiger partial charge >= 0.3 is 0 Å². The van der Waals surface area contributed by atoms with E-state index in [-0.39, 0.29) is 26.4 Å². The summed E-state index contributed by atoms with van der Waals surface area (Å²) in [5, 5.41) is 41.0. The van der Waals surface area contributed by atoms with E-state index in [2.05, 4.69) is 10.0 Å². The number of nitrogens with zero attached hydrogens (tertiary/aromatic N) is 3. The molecule has 1 saturated heterocycles. The number of aliphatic hydroxyl groups excluding tert-OH is 4. The topological polar surface area (TPSA) is 157 Å². The molecular weight excluding hydrogens is 274 g/mol. The second-order valence-electron chi connectivity index (χ2n) is 4.13. The second kappa shape index (κ2) is 9.06. The Kier molecular flexibility index (Phi) is 7.73. The lowest BCUT2D eigenvalue weighted by molar-refractivity contribution is -0.302. The smallest absolute Gasteiger partial charge is 0.186 e. The summed E-state index contributed by atoms with van der Waals surface area (Å²) in [6, 6.07) is 0. The van der Waals surface area contributed by atoms with Gasteiger partial charge in [0.05, 0.1) is 26.4 Å². The fourth-order valence-corrected chi connectivity index (χ4v) is 1.68. The van der Waals surface area contributed by atoms with E-state index in [1.54, 1.807) is 0 Å². The van der Waals surface area contributed by atoms with Crippen molar-refractivity contribution < 1.29 is 34.6 Å². The van der Waals surface area contributed by atoms with Crippen LogP contribution in [0, 0.1) is 0 Å². The zero-order valence-corrected chi connectivity index (χ0v) is 10.8. The minimum atomic E-state index is -1.46. The third kappa shape index (κ3) is 4.85. The Hall–Kier alpha value is -0.970. The number of azide groups is 1. The molecule has 1 heterocycles. The van der Waals surface area contributed by atoms with Gasteiger partial charge in [0, 0.05) is 11.5 Å². The molecule has 0 amide bonds. The summed E-state index contributed by atoms with van der Waals surface area (Å²) >= 11 is 0. The highest BCUT2D eigenvalue weighted by Gasteiger charge is 2.43. The Morgan fingerprint density at radius 3 is 2.50 bits per heavy atom. The number of hydrogen-bond acceptors (Lipinski definition) is 8. The molecule has 116 valence electrons. The number of rotatable bonds is 8. The predicted octanol–water partition coefficient (Wildman–Crippen LogP) is -1.87. The van der Waals surface area contributed by atoms with Gasteiger partial charge in [-0.15, -0.1) is 0 Å². The molecule has 1 aliphatic heterocycles. The fourth-order valence-electron chi connectivity index (χ4n) is 1.68. The first kappa shape index (κ1) is 17.1. The highest BCUT2D eigenvalue weighted by Crippen LogP contribution is 2.21. The summed E-state index contributed by atoms with van der Waals surface area (Å²) < 4.78 is 15.4. The van der Waals surface area contributed by atoms with E-state index in [0.29, 0.717) is 0 Å². The van der Waals surface area contributed by atoms with Crippen LogP contribution in [0.15, 0.2) is 5.11 Å². The van der Waals surface area contributed by atoms with Gasteiger partial charge in [-0.3, -0.25) is 0 Å². The van der Waals surface area contributed by atoms with Crippen molar-refractivity contribution >= 4 is 0 Å². The summed E-state index contributed by atoms with van der Waals surface area (Å²) in [4.78, 5) is 2.56. The maximum Gasteiger partial charge on any atom is 0.186 e. The first-order chi connectivity index (χ1) is 9.61. The Labute approximate surface area is 115 Å². The van der Waals surface area contributed by atoms with Gasteiger partial charge in [0.25, 0.3) is 0 Å². The molecule has 0 radical (unpaired) electrons. The van der Waals surface area contributed by atoms with Crippen LogP contribution in [0.5, 0.6) is 0 Å². The SMILES string of the molecule is [N-]=[N+]=NCCOCCOC1OC(CO)[C@@H](O)[C@H](O)[C@H]1O. The van der Waals surface area contributed by atoms with Gasteiger partial charge in [-0.05, 0) is 5.53 Å². The molecule has 0 aliphatic carbocycles. The number of aliphatic hydroxyl groups is 4. The Bertz CT molecular complexity index is 324. The first-order valence-corrected chi connectivity index (χ1v) is 6.12. The van der Waals surface area contributed by atoms with Crippen molar-refractivity contribution in [3.05, 3.63) is 10.4 Å². The van der Waals surface area contributed by atoms with E-state index in [1.807, 2.05) is 0 Å². The number of hydrogen-bond donors (Lipinski definition) is 4. The molecule has 0 bridgehead atoms. The molecule has 0 aromatic heterocycles. The average Bonchev–Trinajstić information content (AvgIpc) is 2.46. The van der Waals surface area contributed by atoms with Crippen LogP contribution in [-0.4, -0.2) is 84.1 Å². The first-order valence-electron chi connectivity index (χ1n) is 6.12. The zero-order valence-electron chi connectivity index (χ0n) is 10.8. The van der Waals surface area contributed by atoms with Gasteiger partial charge in [-0.25, -0.2) is 0 Å². The van der Waals surface area contributed by atoms with E-state index in [9.17, 15) is 15.3 Å². The lowest BCUT2D eigenvalue weighted by atomic mass is 9.99. The molecule has 1 rings (SSSR count). The lowest BCUT2D eigenvalue weighted by Crippen LogP contribution is -2.59. The molecule has 0 aromatic rings. The van der Waals surface area contributed by atoms with Crippen molar-refractivity contribution in [2.24, 2.45) is 5.11 Å². The summed E-state index contributed by atoms with van der Waals surface area (Å²) in [6.45, 7) is 0.182. The van der Waals surface area contributed by atoms with Crippen molar-refractivity contribution in [2.75, 3.05) is 33.0 Å². The maximum absolute atomic E-state index is 9.66. The standard InChI is InChI=1S/C10H19N3O7/c11-13-12-1-2-18-3-4-19-10-9(17)8(16)7(15)6(5-14)20-10/h6-10,14-17H,1-5H2/t6?,7-,8+,9-,10?/m1/s1. The monoisotopic (exact) mass is 293 g/mol. The molecule has 2 unspecified atom stereocenters. The molecule has 5 atom stereocenters. The highest BCUT2D eigenvalue weighted by atomic mass is 16.7. The van der Waals surface area contributed by atoms with Gasteiger partial charge in [0.15, 0.2) is 6.29 Å². The predicted molar refractivity (Wildman–Crippen MR) is 64.6 cm³/mol. The van der Waals surface area contributed by atoms with Crippen LogP contribution in [0.1, 0.15) is 0 Å². The van der Waals surface area contributed by atoms with Crippen molar-refractivity contribution in [3.63, 3.8) is 0 Å². The van der Waals surface area contributed by atoms with E-state index in [4.69, 9.17) is 24.8 Å². The van der Waals surface area contributed by atoms with Crippen molar-refractivity contribution in [1.29, 1.82) is 0 Å². The van der Waals surface area contributed by atoms with Crippen LogP contribution in [0.2, 0.25) is 0 Å². The number of ether oxygens (including phenoxy) is 3. The minimum Gasteiger partial charge on any atom is -0.394 e. The second-order valence-corrected chi connectivity index (χ2v) is 4.13. The molecule has 20 heavy (non-hydrogen) atoms. The van der Waals surface area contributed by atoms with Gasteiger partial charge in [0.1, 0.15) is 24.4 Å². The van der Waals surface area contributed by atoms with Crippen LogP contribution in [0.3, 0.4) is 0 Å². The van der Waals surface area contributed by atoms with Crippen LogP contribution in [0.25, 0.3) is 10.4 Å². The molecule has 10 nitrogen and oxygen atoms in total. The summed E-state index contributed by atoms with van der Waals surface area (Å²) in [5.74, 6) is 0. The Morgan fingerprint density at radius 2 is 1.85 bits per heavy atom. The van der Waals surface area contributed by atoms with E-state index in [0.717, 1.165) is 0 Å². The lowest BCUT2D eigenvalue weighted by Gasteiger charge is -2.39. The molecule has 1 aliphatic rings. The molecule has 10 heteroatoms. The largest absolute Gasteiger partial charge is 0.394 e. The third-order valence-electron chi connectivity index (χ3n) is 2.76. The Balaban J connectivity index is 2.26. The minimum absolute atomic E-state index is 0.0684. The molecule has 4 N–H and O–H groups in total. The van der Waals surface area contributed by atoms with Crippen LogP contribution >= 0.6 is 0 Å². The van der Waals surface area contributed by atoms with Gasteiger partial charge in [-0.1, -0.05) is 5.11 Å². The van der Waals surface area contributed by atoms with Crippen molar-refractivity contribution in [2.45, 2.75) is 30.7 Å². The van der Waals surface area contributed by atoms with Crippen LogP contribution in [0.4, 0.5) is 0 Å². The molecule has 0 aromatic carbocycles. The average molecular weight is 293 g/mol. The third-order valence-corrected chi connectivity index (χ3v) is 2.76. The van der Waals surface area contributed by atoms with Gasteiger partial charge in [0.2, 0.25) is 0 Å². The highest BCUT2D eigenvalue weighted by molar-refractivity contribution is 4.88. The zero-order chi connectivity index (χ0) is 15.0. The summed E-state index contributed by atoms with van der Waals surface area (Å²) in [7, 11) is 0.